The summed E-state index contributed by atoms with van der Waals surface area (Å²) in [6.07, 6.45) is -4.34. The maximum Gasteiger partial charge on any atom is 0.416 e. The van der Waals surface area contributed by atoms with Crippen LogP contribution in [0.3, 0.4) is 0 Å². The summed E-state index contributed by atoms with van der Waals surface area (Å²) in [5.74, 6) is 0.679. The smallest absolute Gasteiger partial charge is 0.334 e. The molecule has 0 fully saturated rings. The lowest BCUT2D eigenvalue weighted by molar-refractivity contribution is -0.137. The minimum atomic E-state index is -4.34. The van der Waals surface area contributed by atoms with E-state index in [1.165, 1.54) is 12.1 Å². The van der Waals surface area contributed by atoms with Crippen LogP contribution in [-0.4, -0.2) is 16.7 Å². The molecule has 0 aliphatic heterocycles. The van der Waals surface area contributed by atoms with Crippen molar-refractivity contribution in [3.05, 3.63) is 35.7 Å². The number of nitrogens with zero attached hydrogens (tertiary/aromatic N) is 2. The maximum atomic E-state index is 12.4. The largest absolute Gasteiger partial charge is 0.416 e. The summed E-state index contributed by atoms with van der Waals surface area (Å²) in [6.45, 7) is 3.17. The Morgan fingerprint density at radius 1 is 1.21 bits per heavy atom. The molecule has 0 unspecified atom stereocenters. The van der Waals surface area contributed by atoms with Gasteiger partial charge in [-0.05, 0) is 30.8 Å². The summed E-state index contributed by atoms with van der Waals surface area (Å²) in [5.41, 5.74) is -0.244. The lowest BCUT2D eigenvalue weighted by Gasteiger charge is -2.05. The Bertz CT molecular complexity index is 534. The highest BCUT2D eigenvalue weighted by molar-refractivity contribution is 5.53. The van der Waals surface area contributed by atoms with Crippen LogP contribution in [0, 0.1) is 0 Å². The molecule has 0 amide bonds. The van der Waals surface area contributed by atoms with Crippen molar-refractivity contribution in [3.8, 4) is 11.5 Å². The number of hydrogen-bond donors (Lipinski definition) is 1. The van der Waals surface area contributed by atoms with Crippen molar-refractivity contribution in [1.29, 1.82) is 0 Å². The standard InChI is InChI=1S/C12H12F3N3O/c1-2-16-7-10-17-11(19-18-10)8-3-5-9(6-4-8)12(13,14)15/h3-6,16H,2,7H2,1H3. The zero-order valence-corrected chi connectivity index (χ0v) is 10.2. The molecule has 7 heteroatoms. The van der Waals surface area contributed by atoms with Crippen LogP contribution in [0.15, 0.2) is 28.8 Å². The summed E-state index contributed by atoms with van der Waals surface area (Å²) in [4.78, 5) is 4.09. The average molecular weight is 271 g/mol. The topological polar surface area (TPSA) is 51.0 Å². The molecule has 0 saturated carbocycles. The van der Waals surface area contributed by atoms with Gasteiger partial charge in [0, 0.05) is 5.56 Å². The van der Waals surface area contributed by atoms with Gasteiger partial charge in [0.1, 0.15) is 0 Å². The molecular weight excluding hydrogens is 259 g/mol. The zero-order valence-electron chi connectivity index (χ0n) is 10.2. The van der Waals surface area contributed by atoms with Crippen molar-refractivity contribution >= 4 is 0 Å². The SMILES string of the molecule is CCNCc1noc(-c2ccc(C(F)(F)F)cc2)n1. The number of hydrogen-bond acceptors (Lipinski definition) is 4. The Hall–Kier alpha value is -1.89. The molecule has 0 radical (unpaired) electrons. The summed E-state index contributed by atoms with van der Waals surface area (Å²) in [7, 11) is 0. The molecule has 0 bridgehead atoms. The normalized spacial score (nSPS) is 11.8. The Morgan fingerprint density at radius 2 is 1.89 bits per heavy atom. The van der Waals surface area contributed by atoms with Crippen LogP contribution >= 0.6 is 0 Å². The molecule has 0 aliphatic carbocycles. The Labute approximate surface area is 107 Å². The molecule has 0 saturated heterocycles. The van der Waals surface area contributed by atoms with E-state index < -0.39 is 11.7 Å². The van der Waals surface area contributed by atoms with Crippen LogP contribution < -0.4 is 5.32 Å². The van der Waals surface area contributed by atoms with Crippen LogP contribution in [-0.2, 0) is 12.7 Å². The second-order valence-electron chi connectivity index (χ2n) is 3.87. The van der Waals surface area contributed by atoms with E-state index >= 15 is 0 Å². The number of aromatic nitrogens is 2. The number of alkyl halides is 3. The van der Waals surface area contributed by atoms with E-state index in [1.807, 2.05) is 6.92 Å². The highest BCUT2D eigenvalue weighted by Gasteiger charge is 2.30. The van der Waals surface area contributed by atoms with Gasteiger partial charge in [0.05, 0.1) is 12.1 Å². The lowest BCUT2D eigenvalue weighted by atomic mass is 10.1. The minimum Gasteiger partial charge on any atom is -0.334 e. The summed E-state index contributed by atoms with van der Waals surface area (Å²) < 4.78 is 42.2. The third-order valence-electron chi connectivity index (χ3n) is 2.46. The van der Waals surface area contributed by atoms with Gasteiger partial charge in [0.15, 0.2) is 5.82 Å². The van der Waals surface area contributed by atoms with Crippen LogP contribution in [0.5, 0.6) is 0 Å². The lowest BCUT2D eigenvalue weighted by Crippen LogP contribution is -2.12. The minimum absolute atomic E-state index is 0.210. The van der Waals surface area contributed by atoms with E-state index in [0.29, 0.717) is 17.9 Å². The van der Waals surface area contributed by atoms with Gasteiger partial charge in [0.25, 0.3) is 5.89 Å². The molecule has 1 heterocycles. The number of benzene rings is 1. The molecule has 1 N–H and O–H groups in total. The fraction of sp³-hybridized carbons (Fsp3) is 0.333. The third kappa shape index (κ3) is 3.31. The molecule has 2 aromatic rings. The second kappa shape index (κ2) is 5.40. The van der Waals surface area contributed by atoms with E-state index in [-0.39, 0.29) is 5.89 Å². The summed E-state index contributed by atoms with van der Waals surface area (Å²) in [5, 5.41) is 6.76. The van der Waals surface area contributed by atoms with Gasteiger partial charge in [-0.1, -0.05) is 12.1 Å². The molecule has 0 aliphatic rings. The number of nitrogens with one attached hydrogen (secondary N) is 1. The van der Waals surface area contributed by atoms with Gasteiger partial charge < -0.3 is 9.84 Å². The van der Waals surface area contributed by atoms with Gasteiger partial charge in [0.2, 0.25) is 0 Å². The number of rotatable bonds is 4. The highest BCUT2D eigenvalue weighted by atomic mass is 19.4. The van der Waals surface area contributed by atoms with Crippen molar-refractivity contribution in [3.63, 3.8) is 0 Å². The highest BCUT2D eigenvalue weighted by Crippen LogP contribution is 2.30. The monoisotopic (exact) mass is 271 g/mol. The second-order valence-corrected chi connectivity index (χ2v) is 3.87. The molecule has 102 valence electrons. The van der Waals surface area contributed by atoms with E-state index in [1.54, 1.807) is 0 Å². The van der Waals surface area contributed by atoms with Crippen molar-refractivity contribution in [2.75, 3.05) is 6.54 Å². The molecule has 1 aromatic heterocycles. The van der Waals surface area contributed by atoms with Crippen LogP contribution in [0.2, 0.25) is 0 Å². The van der Waals surface area contributed by atoms with Crippen molar-refractivity contribution in [1.82, 2.24) is 15.5 Å². The predicted octanol–water partition coefficient (Wildman–Crippen LogP) is 2.86. The summed E-state index contributed by atoms with van der Waals surface area (Å²) >= 11 is 0. The first-order valence-electron chi connectivity index (χ1n) is 5.71. The fourth-order valence-corrected chi connectivity index (χ4v) is 1.48. The third-order valence-corrected chi connectivity index (χ3v) is 2.46. The maximum absolute atomic E-state index is 12.4. The average Bonchev–Trinajstić information content (AvgIpc) is 2.84. The van der Waals surface area contributed by atoms with E-state index in [0.717, 1.165) is 18.7 Å². The van der Waals surface area contributed by atoms with Crippen molar-refractivity contribution in [2.24, 2.45) is 0 Å². The predicted molar refractivity (Wildman–Crippen MR) is 62.1 cm³/mol. The number of halogens is 3. The van der Waals surface area contributed by atoms with Gasteiger partial charge in [-0.25, -0.2) is 0 Å². The first-order chi connectivity index (χ1) is 9.00. The van der Waals surface area contributed by atoms with Gasteiger partial charge >= 0.3 is 6.18 Å². The molecular formula is C12H12F3N3O. The van der Waals surface area contributed by atoms with Crippen LogP contribution in [0.25, 0.3) is 11.5 Å². The molecule has 0 atom stereocenters. The quantitative estimate of drug-likeness (QED) is 0.929. The Balaban J connectivity index is 2.16. The Kier molecular flexibility index (Phi) is 3.84. The first-order valence-corrected chi connectivity index (χ1v) is 5.71. The van der Waals surface area contributed by atoms with Crippen LogP contribution in [0.1, 0.15) is 18.3 Å². The molecule has 2 rings (SSSR count). The van der Waals surface area contributed by atoms with Gasteiger partial charge in [-0.2, -0.15) is 18.2 Å². The zero-order chi connectivity index (χ0) is 13.9. The van der Waals surface area contributed by atoms with Crippen LogP contribution in [0.4, 0.5) is 13.2 Å². The van der Waals surface area contributed by atoms with Gasteiger partial charge in [-0.3, -0.25) is 0 Å². The molecule has 1 aromatic carbocycles. The molecule has 0 spiro atoms. The van der Waals surface area contributed by atoms with E-state index in [2.05, 4.69) is 15.5 Å². The molecule has 19 heavy (non-hydrogen) atoms. The van der Waals surface area contributed by atoms with Crippen molar-refractivity contribution < 1.29 is 17.7 Å². The van der Waals surface area contributed by atoms with E-state index in [4.69, 9.17) is 4.52 Å². The van der Waals surface area contributed by atoms with E-state index in [9.17, 15) is 13.2 Å². The van der Waals surface area contributed by atoms with Gasteiger partial charge in [-0.15, -0.1) is 0 Å². The fourth-order valence-electron chi connectivity index (χ4n) is 1.48. The Morgan fingerprint density at radius 3 is 2.47 bits per heavy atom. The summed E-state index contributed by atoms with van der Waals surface area (Å²) in [6, 6.07) is 4.60. The molecule has 4 nitrogen and oxygen atoms in total. The van der Waals surface area contributed by atoms with Crippen molar-refractivity contribution in [2.45, 2.75) is 19.6 Å². The first kappa shape index (κ1) is 13.5.